The number of benzene rings is 1. The van der Waals surface area contributed by atoms with E-state index in [2.05, 4.69) is 25.3 Å². The van der Waals surface area contributed by atoms with Crippen LogP contribution >= 0.6 is 0 Å². The molecule has 8 atom stereocenters. The lowest BCUT2D eigenvalue weighted by atomic mass is 9.72. The average Bonchev–Trinajstić information content (AvgIpc) is 3.67. The quantitative estimate of drug-likeness (QED) is 0.476. The van der Waals surface area contributed by atoms with Crippen molar-refractivity contribution < 1.29 is 24.3 Å². The van der Waals surface area contributed by atoms with Crippen LogP contribution in [0.1, 0.15) is 25.7 Å². The molecule has 1 aromatic carbocycles. The van der Waals surface area contributed by atoms with Gasteiger partial charge >= 0.3 is 0 Å². The fraction of sp³-hybridized carbons (Fsp3) is 0.400. The number of rotatable bonds is 6. The molecule has 7 nitrogen and oxygen atoms in total. The van der Waals surface area contributed by atoms with Crippen molar-refractivity contribution in [1.82, 2.24) is 0 Å². The lowest BCUT2D eigenvalue weighted by Crippen LogP contribution is -2.36. The zero-order valence-corrected chi connectivity index (χ0v) is 20.4. The van der Waals surface area contributed by atoms with Gasteiger partial charge < -0.3 is 5.11 Å². The lowest BCUT2D eigenvalue weighted by Gasteiger charge is -2.29. The molecule has 4 aliphatic carbocycles. The van der Waals surface area contributed by atoms with E-state index >= 15 is 0 Å². The molecule has 2 aliphatic heterocycles. The highest BCUT2D eigenvalue weighted by Crippen LogP contribution is 2.63. The standard InChI is InChI=1S/C30H28N2O5/c1-3-9-29-11-7-16(14-29)21-23(29)27(36)31(25(21)34)18-5-6-19(20(33)13-18)32-26(35)22-17-8-12-30(15-17,10-4-2)24(22)28(32)37/h3-8,11-13,16-17,21-24,33H,1-2,9-10,14-15H2. The highest BCUT2D eigenvalue weighted by Gasteiger charge is 2.67. The first-order chi connectivity index (χ1) is 17.8. The van der Waals surface area contributed by atoms with Crippen LogP contribution in [0, 0.1) is 46.3 Å². The molecule has 1 aromatic rings. The summed E-state index contributed by atoms with van der Waals surface area (Å²) in [6, 6.07) is 4.34. The summed E-state index contributed by atoms with van der Waals surface area (Å²) in [5.74, 6) is -3.23. The summed E-state index contributed by atoms with van der Waals surface area (Å²) in [5, 5.41) is 11.0. The molecule has 4 fully saturated rings. The normalized spacial score (nSPS) is 40.3. The van der Waals surface area contributed by atoms with E-state index in [4.69, 9.17) is 0 Å². The van der Waals surface area contributed by atoms with E-state index in [0.29, 0.717) is 12.8 Å². The number of hydrogen-bond acceptors (Lipinski definition) is 5. The van der Waals surface area contributed by atoms with Gasteiger partial charge in [-0.1, -0.05) is 36.5 Å². The molecular weight excluding hydrogens is 468 g/mol. The van der Waals surface area contributed by atoms with Crippen molar-refractivity contribution in [3.05, 3.63) is 67.8 Å². The van der Waals surface area contributed by atoms with Gasteiger partial charge in [0.15, 0.2) is 0 Å². The molecule has 0 radical (unpaired) electrons. The van der Waals surface area contributed by atoms with Crippen LogP contribution in [0.2, 0.25) is 0 Å². The lowest BCUT2D eigenvalue weighted by molar-refractivity contribution is -0.125. The Bertz CT molecular complexity index is 1390. The minimum Gasteiger partial charge on any atom is -0.506 e. The summed E-state index contributed by atoms with van der Waals surface area (Å²) >= 11 is 0. The first-order valence-corrected chi connectivity index (χ1v) is 13.0. The minimum atomic E-state index is -0.475. The van der Waals surface area contributed by atoms with E-state index in [-0.39, 0.29) is 58.0 Å². The Kier molecular flexibility index (Phi) is 4.36. The third-order valence-electron chi connectivity index (χ3n) is 9.95. The van der Waals surface area contributed by atoms with E-state index < -0.39 is 29.1 Å². The predicted octanol–water partition coefficient (Wildman–Crippen LogP) is 3.91. The molecular formula is C30H28N2O5. The number of phenolic OH excluding ortho intramolecular Hbond substituents is 1. The highest BCUT2D eigenvalue weighted by atomic mass is 16.3. The number of allylic oxidation sites excluding steroid dienone is 6. The zero-order valence-electron chi connectivity index (χ0n) is 20.4. The first-order valence-electron chi connectivity index (χ1n) is 13.0. The van der Waals surface area contributed by atoms with Crippen molar-refractivity contribution in [2.24, 2.45) is 46.3 Å². The van der Waals surface area contributed by atoms with Crippen LogP contribution in [0.25, 0.3) is 0 Å². The molecule has 8 unspecified atom stereocenters. The average molecular weight is 497 g/mol. The van der Waals surface area contributed by atoms with Gasteiger partial charge in [-0.25, -0.2) is 9.80 Å². The van der Waals surface area contributed by atoms with Crippen LogP contribution in [0.5, 0.6) is 5.75 Å². The summed E-state index contributed by atoms with van der Waals surface area (Å²) in [5.41, 5.74) is -0.454. The molecule has 4 amide bonds. The van der Waals surface area contributed by atoms with Gasteiger partial charge in [0.25, 0.3) is 0 Å². The number of hydrogen-bond donors (Lipinski definition) is 1. The van der Waals surface area contributed by atoms with Crippen LogP contribution in [0.4, 0.5) is 11.4 Å². The number of fused-ring (bicyclic) bond motifs is 10. The Morgan fingerprint density at radius 1 is 0.811 bits per heavy atom. The molecule has 2 saturated carbocycles. The Morgan fingerprint density at radius 3 is 1.84 bits per heavy atom. The van der Waals surface area contributed by atoms with Crippen LogP contribution in [0.3, 0.4) is 0 Å². The molecule has 7 heteroatoms. The number of carbonyl (C=O) groups is 4. The number of phenols is 1. The summed E-state index contributed by atoms with van der Waals surface area (Å²) in [4.78, 5) is 56.3. The van der Waals surface area contributed by atoms with E-state index in [1.54, 1.807) is 18.2 Å². The number of nitrogens with zero attached hydrogens (tertiary/aromatic N) is 2. The molecule has 37 heavy (non-hydrogen) atoms. The molecule has 2 heterocycles. The molecule has 6 aliphatic rings. The number of carbonyl (C=O) groups excluding carboxylic acids is 4. The Labute approximate surface area is 214 Å². The van der Waals surface area contributed by atoms with E-state index in [1.165, 1.54) is 17.0 Å². The minimum absolute atomic E-state index is 0.000986. The highest BCUT2D eigenvalue weighted by molar-refractivity contribution is 6.25. The molecule has 0 aromatic heterocycles. The predicted molar refractivity (Wildman–Crippen MR) is 136 cm³/mol. The second kappa shape index (κ2) is 7.18. The summed E-state index contributed by atoms with van der Waals surface area (Å²) in [7, 11) is 0. The van der Waals surface area contributed by atoms with Gasteiger partial charge in [-0.15, -0.1) is 13.2 Å². The van der Waals surface area contributed by atoms with Gasteiger partial charge in [-0.2, -0.15) is 0 Å². The Balaban J connectivity index is 1.20. The summed E-state index contributed by atoms with van der Waals surface area (Å²) in [6.07, 6.45) is 14.6. The molecule has 0 spiro atoms. The van der Waals surface area contributed by atoms with Gasteiger partial charge in [-0.3, -0.25) is 19.2 Å². The maximum Gasteiger partial charge on any atom is 0.238 e. The third kappa shape index (κ3) is 2.57. The van der Waals surface area contributed by atoms with Crippen molar-refractivity contribution in [2.45, 2.75) is 25.7 Å². The number of aromatic hydroxyl groups is 1. The topological polar surface area (TPSA) is 95.0 Å². The van der Waals surface area contributed by atoms with Gasteiger partial charge in [0.05, 0.1) is 35.0 Å². The van der Waals surface area contributed by atoms with Crippen molar-refractivity contribution in [2.75, 3.05) is 9.80 Å². The first kappa shape index (κ1) is 22.5. The van der Waals surface area contributed by atoms with Gasteiger partial charge in [0.1, 0.15) is 5.75 Å². The smallest absolute Gasteiger partial charge is 0.238 e. The maximum absolute atomic E-state index is 13.6. The largest absolute Gasteiger partial charge is 0.506 e. The van der Waals surface area contributed by atoms with Crippen molar-refractivity contribution >= 4 is 35.0 Å². The van der Waals surface area contributed by atoms with Crippen LogP contribution < -0.4 is 9.80 Å². The van der Waals surface area contributed by atoms with Crippen LogP contribution in [0.15, 0.2) is 67.8 Å². The fourth-order valence-electron chi connectivity index (χ4n) is 8.61. The monoisotopic (exact) mass is 496 g/mol. The van der Waals surface area contributed by atoms with Crippen molar-refractivity contribution in [1.29, 1.82) is 0 Å². The second-order valence-electron chi connectivity index (χ2n) is 11.6. The summed E-state index contributed by atoms with van der Waals surface area (Å²) < 4.78 is 0. The van der Waals surface area contributed by atoms with Gasteiger partial charge in [0, 0.05) is 16.9 Å². The van der Waals surface area contributed by atoms with E-state index in [1.807, 2.05) is 12.2 Å². The fourth-order valence-corrected chi connectivity index (χ4v) is 8.61. The second-order valence-corrected chi connectivity index (χ2v) is 11.6. The van der Waals surface area contributed by atoms with Crippen LogP contribution in [-0.2, 0) is 19.2 Å². The Morgan fingerprint density at radius 2 is 1.32 bits per heavy atom. The number of amides is 4. The maximum atomic E-state index is 13.6. The van der Waals surface area contributed by atoms with Crippen molar-refractivity contribution in [3.8, 4) is 5.75 Å². The van der Waals surface area contributed by atoms with E-state index in [9.17, 15) is 24.3 Å². The van der Waals surface area contributed by atoms with Gasteiger partial charge in [0.2, 0.25) is 23.6 Å². The van der Waals surface area contributed by atoms with Crippen molar-refractivity contribution in [3.63, 3.8) is 0 Å². The van der Waals surface area contributed by atoms with Gasteiger partial charge in [-0.05, 0) is 49.7 Å². The summed E-state index contributed by atoms with van der Waals surface area (Å²) in [6.45, 7) is 7.69. The Hall–Kier alpha value is -3.74. The number of imide groups is 2. The van der Waals surface area contributed by atoms with E-state index in [0.717, 1.165) is 17.7 Å². The molecule has 1 N–H and O–H groups in total. The van der Waals surface area contributed by atoms with Crippen LogP contribution in [-0.4, -0.2) is 28.7 Å². The zero-order chi connectivity index (χ0) is 25.9. The molecule has 2 saturated heterocycles. The third-order valence-corrected chi connectivity index (χ3v) is 9.95. The molecule has 7 rings (SSSR count). The molecule has 188 valence electrons. The SMILES string of the molecule is C=CCC12C=CC(C1)C1C(=O)N(c3ccc(N4C(=O)C5C6C=CC(CC=C)(C6)C5C4=O)c(O)c3)C(=O)C12. The molecule has 4 bridgehead atoms. The number of anilines is 2.